The Morgan fingerprint density at radius 3 is 2.55 bits per heavy atom. The molecular formula is C10H19Cl. The highest BCUT2D eigenvalue weighted by atomic mass is 35.5. The Labute approximate surface area is 75.3 Å². The zero-order chi connectivity index (χ0) is 8.27. The van der Waals surface area contributed by atoms with Gasteiger partial charge in [0.15, 0.2) is 0 Å². The molecule has 1 fully saturated rings. The van der Waals surface area contributed by atoms with Crippen molar-refractivity contribution in [1.29, 1.82) is 0 Å². The first-order valence-corrected chi connectivity index (χ1v) is 5.28. The zero-order valence-corrected chi connectivity index (χ0v) is 8.40. The van der Waals surface area contributed by atoms with Gasteiger partial charge in [0, 0.05) is 5.38 Å². The van der Waals surface area contributed by atoms with Crippen molar-refractivity contribution in [2.45, 2.75) is 51.3 Å². The second kappa shape index (κ2) is 4.35. The van der Waals surface area contributed by atoms with Crippen molar-refractivity contribution in [3.8, 4) is 0 Å². The third-order valence-electron chi connectivity index (χ3n) is 2.68. The van der Waals surface area contributed by atoms with E-state index in [0.29, 0.717) is 5.38 Å². The molecule has 2 atom stereocenters. The fraction of sp³-hybridized carbons (Fsp3) is 1.00. The molecule has 2 unspecified atom stereocenters. The van der Waals surface area contributed by atoms with Crippen LogP contribution in [0.1, 0.15) is 46.0 Å². The standard InChI is InChI=1S/C10H19Cl/c1-8(2)6-7-9-4-3-5-10(9)11/h8-10H,3-7H2,1-2H3. The monoisotopic (exact) mass is 174 g/mol. The third-order valence-corrected chi connectivity index (χ3v) is 3.26. The molecule has 1 rings (SSSR count). The molecule has 11 heavy (non-hydrogen) atoms. The van der Waals surface area contributed by atoms with E-state index in [0.717, 1.165) is 11.8 Å². The van der Waals surface area contributed by atoms with Crippen LogP contribution in [0.3, 0.4) is 0 Å². The van der Waals surface area contributed by atoms with Crippen molar-refractivity contribution >= 4 is 11.6 Å². The molecule has 1 heteroatoms. The smallest absolute Gasteiger partial charge is 0.0364 e. The van der Waals surface area contributed by atoms with Gasteiger partial charge in [0.1, 0.15) is 0 Å². The normalized spacial score (nSPS) is 31.6. The highest BCUT2D eigenvalue weighted by Gasteiger charge is 2.24. The molecule has 0 aromatic heterocycles. The number of hydrogen-bond acceptors (Lipinski definition) is 0. The zero-order valence-electron chi connectivity index (χ0n) is 7.65. The van der Waals surface area contributed by atoms with Crippen molar-refractivity contribution < 1.29 is 0 Å². The fourth-order valence-corrected chi connectivity index (χ4v) is 2.27. The Bertz CT molecular complexity index is 109. The van der Waals surface area contributed by atoms with Crippen LogP contribution in [0.5, 0.6) is 0 Å². The van der Waals surface area contributed by atoms with E-state index in [1.165, 1.54) is 32.1 Å². The van der Waals surface area contributed by atoms with E-state index in [1.807, 2.05) is 0 Å². The maximum absolute atomic E-state index is 6.16. The van der Waals surface area contributed by atoms with Crippen LogP contribution >= 0.6 is 11.6 Å². The van der Waals surface area contributed by atoms with Gasteiger partial charge < -0.3 is 0 Å². The summed E-state index contributed by atoms with van der Waals surface area (Å²) < 4.78 is 0. The van der Waals surface area contributed by atoms with Crippen molar-refractivity contribution in [2.75, 3.05) is 0 Å². The summed E-state index contributed by atoms with van der Waals surface area (Å²) in [5.41, 5.74) is 0. The maximum atomic E-state index is 6.16. The lowest BCUT2D eigenvalue weighted by molar-refractivity contribution is 0.436. The van der Waals surface area contributed by atoms with Crippen molar-refractivity contribution in [3.05, 3.63) is 0 Å². The molecule has 0 heterocycles. The van der Waals surface area contributed by atoms with Crippen molar-refractivity contribution in [1.82, 2.24) is 0 Å². The van der Waals surface area contributed by atoms with Gasteiger partial charge in [0.05, 0.1) is 0 Å². The van der Waals surface area contributed by atoms with E-state index in [-0.39, 0.29) is 0 Å². The number of halogens is 1. The molecule has 0 aromatic rings. The van der Waals surface area contributed by atoms with E-state index >= 15 is 0 Å². The average Bonchev–Trinajstić information content (AvgIpc) is 2.31. The van der Waals surface area contributed by atoms with Gasteiger partial charge in [-0.1, -0.05) is 26.7 Å². The van der Waals surface area contributed by atoms with Gasteiger partial charge in [0.25, 0.3) is 0 Å². The minimum atomic E-state index is 0.494. The molecule has 0 amide bonds. The number of hydrogen-bond donors (Lipinski definition) is 0. The summed E-state index contributed by atoms with van der Waals surface area (Å²) in [6, 6.07) is 0. The summed E-state index contributed by atoms with van der Waals surface area (Å²) in [6.07, 6.45) is 6.70. The lowest BCUT2D eigenvalue weighted by atomic mass is 9.96. The minimum absolute atomic E-state index is 0.494. The van der Waals surface area contributed by atoms with Crippen LogP contribution in [0.4, 0.5) is 0 Å². The number of rotatable bonds is 3. The van der Waals surface area contributed by atoms with E-state index in [4.69, 9.17) is 11.6 Å². The van der Waals surface area contributed by atoms with Gasteiger partial charge in [-0.3, -0.25) is 0 Å². The summed E-state index contributed by atoms with van der Waals surface area (Å²) in [5.74, 6) is 1.68. The largest absolute Gasteiger partial charge is 0.123 e. The van der Waals surface area contributed by atoms with E-state index < -0.39 is 0 Å². The quantitative estimate of drug-likeness (QED) is 0.571. The van der Waals surface area contributed by atoms with Crippen molar-refractivity contribution in [3.63, 3.8) is 0 Å². The van der Waals surface area contributed by atoms with Gasteiger partial charge in [-0.2, -0.15) is 0 Å². The van der Waals surface area contributed by atoms with Gasteiger partial charge in [-0.05, 0) is 31.1 Å². The molecule has 66 valence electrons. The molecule has 0 bridgehead atoms. The van der Waals surface area contributed by atoms with E-state index in [1.54, 1.807) is 0 Å². The minimum Gasteiger partial charge on any atom is -0.123 e. The number of alkyl halides is 1. The molecule has 0 spiro atoms. The Hall–Kier alpha value is 0.290. The molecule has 0 nitrogen and oxygen atoms in total. The molecule has 0 aromatic carbocycles. The van der Waals surface area contributed by atoms with Gasteiger partial charge in [0.2, 0.25) is 0 Å². The molecule has 0 saturated heterocycles. The Kier molecular flexibility index (Phi) is 3.71. The first-order chi connectivity index (χ1) is 5.20. The predicted octanol–water partition coefficient (Wildman–Crippen LogP) is 3.83. The highest BCUT2D eigenvalue weighted by Crippen LogP contribution is 2.33. The molecule has 0 aliphatic heterocycles. The topological polar surface area (TPSA) is 0 Å². The van der Waals surface area contributed by atoms with Crippen LogP contribution in [0, 0.1) is 11.8 Å². The summed E-state index contributed by atoms with van der Waals surface area (Å²) >= 11 is 6.16. The van der Waals surface area contributed by atoms with Crippen LogP contribution < -0.4 is 0 Å². The van der Waals surface area contributed by atoms with Crippen LogP contribution in [-0.4, -0.2) is 5.38 Å². The second-order valence-corrected chi connectivity index (χ2v) is 4.74. The van der Waals surface area contributed by atoms with Crippen molar-refractivity contribution in [2.24, 2.45) is 11.8 Å². The average molecular weight is 175 g/mol. The first kappa shape index (κ1) is 9.38. The van der Waals surface area contributed by atoms with Crippen LogP contribution in [0.25, 0.3) is 0 Å². The Balaban J connectivity index is 2.15. The molecular weight excluding hydrogens is 156 g/mol. The third kappa shape index (κ3) is 3.02. The molecule has 0 N–H and O–H groups in total. The highest BCUT2D eigenvalue weighted by molar-refractivity contribution is 6.20. The fourth-order valence-electron chi connectivity index (χ4n) is 1.86. The van der Waals surface area contributed by atoms with Gasteiger partial charge >= 0.3 is 0 Å². The van der Waals surface area contributed by atoms with Crippen LogP contribution in [0.2, 0.25) is 0 Å². The molecule has 1 aliphatic carbocycles. The maximum Gasteiger partial charge on any atom is 0.0364 e. The Morgan fingerprint density at radius 1 is 1.36 bits per heavy atom. The molecule has 1 aliphatic rings. The summed E-state index contributed by atoms with van der Waals surface area (Å²) in [5, 5.41) is 0.494. The van der Waals surface area contributed by atoms with Crippen LogP contribution in [-0.2, 0) is 0 Å². The second-order valence-electron chi connectivity index (χ2n) is 4.18. The van der Waals surface area contributed by atoms with Crippen LogP contribution in [0.15, 0.2) is 0 Å². The Morgan fingerprint density at radius 2 is 2.09 bits per heavy atom. The summed E-state index contributed by atoms with van der Waals surface area (Å²) in [4.78, 5) is 0. The summed E-state index contributed by atoms with van der Waals surface area (Å²) in [6.45, 7) is 4.58. The molecule has 0 radical (unpaired) electrons. The first-order valence-electron chi connectivity index (χ1n) is 4.84. The van der Waals surface area contributed by atoms with E-state index in [9.17, 15) is 0 Å². The molecule has 1 saturated carbocycles. The predicted molar refractivity (Wildman–Crippen MR) is 51.1 cm³/mol. The summed E-state index contributed by atoms with van der Waals surface area (Å²) in [7, 11) is 0. The lowest BCUT2D eigenvalue weighted by Gasteiger charge is -2.14. The van der Waals surface area contributed by atoms with E-state index in [2.05, 4.69) is 13.8 Å². The van der Waals surface area contributed by atoms with Gasteiger partial charge in [-0.25, -0.2) is 0 Å². The lowest BCUT2D eigenvalue weighted by Crippen LogP contribution is -2.07. The SMILES string of the molecule is CC(C)CCC1CCCC1Cl. The van der Waals surface area contributed by atoms with Gasteiger partial charge in [-0.15, -0.1) is 11.6 Å².